The number of fused-ring (bicyclic) bond motifs is 4. The van der Waals surface area contributed by atoms with Crippen molar-refractivity contribution in [3.63, 3.8) is 0 Å². The fraction of sp³-hybridized carbons (Fsp3) is 0.269. The lowest BCUT2D eigenvalue weighted by Gasteiger charge is -2.53. The summed E-state index contributed by atoms with van der Waals surface area (Å²) >= 11 is 1.89. The van der Waals surface area contributed by atoms with Gasteiger partial charge in [-0.3, -0.25) is 14.5 Å². The number of nitrogens with zero attached hydrogens (tertiary/aromatic N) is 3. The Labute approximate surface area is 191 Å². The van der Waals surface area contributed by atoms with Gasteiger partial charge in [0.05, 0.1) is 30.6 Å². The standard InChI is InChI=1S/C26H25N3O2S/c1-17-22(30)11-12-28-25(17)18(2)27-13-14-31-15-24(27)29(28)26-20-8-4-3-7-19(20)16-32-23-10-6-5-9-21(23)26/h3-12,24,26H,2,13-16H2,1H3/t24?,26-/m0/s1. The normalized spacial score (nSPS) is 21.8. The molecular weight excluding hydrogens is 418 g/mol. The van der Waals surface area contributed by atoms with E-state index in [0.29, 0.717) is 13.2 Å². The van der Waals surface area contributed by atoms with E-state index in [0.717, 1.165) is 29.3 Å². The molecule has 0 amide bonds. The number of benzene rings is 2. The van der Waals surface area contributed by atoms with Gasteiger partial charge in [-0.1, -0.05) is 49.0 Å². The van der Waals surface area contributed by atoms with E-state index < -0.39 is 0 Å². The van der Waals surface area contributed by atoms with Crippen LogP contribution in [0.3, 0.4) is 0 Å². The van der Waals surface area contributed by atoms with E-state index in [1.54, 1.807) is 6.07 Å². The van der Waals surface area contributed by atoms with Crippen LogP contribution in [0.4, 0.5) is 0 Å². The average molecular weight is 444 g/mol. The minimum Gasteiger partial charge on any atom is -0.375 e. The molecule has 6 heteroatoms. The Hall–Kier alpha value is -2.96. The molecule has 32 heavy (non-hydrogen) atoms. The van der Waals surface area contributed by atoms with E-state index in [4.69, 9.17) is 4.74 Å². The molecular formula is C26H25N3O2S. The number of thioether (sulfide) groups is 1. The number of pyridine rings is 1. The third-order valence-electron chi connectivity index (χ3n) is 6.81. The van der Waals surface area contributed by atoms with Crippen LogP contribution in [0.1, 0.15) is 34.0 Å². The first-order valence-electron chi connectivity index (χ1n) is 11.0. The Morgan fingerprint density at radius 1 is 1.06 bits per heavy atom. The summed E-state index contributed by atoms with van der Waals surface area (Å²) in [7, 11) is 0. The van der Waals surface area contributed by atoms with Crippen LogP contribution >= 0.6 is 11.8 Å². The second-order valence-electron chi connectivity index (χ2n) is 8.50. The van der Waals surface area contributed by atoms with Crippen LogP contribution in [0, 0.1) is 6.92 Å². The van der Waals surface area contributed by atoms with E-state index in [1.807, 2.05) is 24.9 Å². The molecule has 5 nitrogen and oxygen atoms in total. The first kappa shape index (κ1) is 19.7. The Morgan fingerprint density at radius 2 is 1.84 bits per heavy atom. The second-order valence-corrected chi connectivity index (χ2v) is 9.52. The molecule has 2 atom stereocenters. The predicted octanol–water partition coefficient (Wildman–Crippen LogP) is 4.13. The lowest BCUT2D eigenvalue weighted by atomic mass is 9.93. The van der Waals surface area contributed by atoms with Gasteiger partial charge in [0, 0.05) is 35.0 Å². The van der Waals surface area contributed by atoms with E-state index in [1.165, 1.54) is 21.6 Å². The molecule has 3 aliphatic rings. The second kappa shape index (κ2) is 7.57. The number of morpholine rings is 1. The fourth-order valence-corrected chi connectivity index (χ4v) is 6.34. The van der Waals surface area contributed by atoms with Crippen molar-refractivity contribution >= 4 is 17.5 Å². The number of rotatable bonds is 1. The van der Waals surface area contributed by atoms with Crippen molar-refractivity contribution in [1.29, 1.82) is 0 Å². The van der Waals surface area contributed by atoms with Gasteiger partial charge in [-0.15, -0.1) is 11.8 Å². The molecule has 2 aromatic carbocycles. The number of hydrogen-bond donors (Lipinski definition) is 0. The van der Waals surface area contributed by atoms with Crippen LogP contribution in [-0.2, 0) is 10.5 Å². The van der Waals surface area contributed by atoms with Crippen molar-refractivity contribution < 1.29 is 4.74 Å². The summed E-state index contributed by atoms with van der Waals surface area (Å²) in [6.45, 7) is 8.31. The zero-order chi connectivity index (χ0) is 21.8. The molecule has 1 aromatic heterocycles. The smallest absolute Gasteiger partial charge is 0.185 e. The molecule has 3 aliphatic heterocycles. The number of ether oxygens (including phenoxy) is 1. The Morgan fingerprint density at radius 3 is 2.72 bits per heavy atom. The lowest BCUT2D eigenvalue weighted by molar-refractivity contribution is 0.00314. The summed E-state index contributed by atoms with van der Waals surface area (Å²) in [6.07, 6.45) is 1.89. The summed E-state index contributed by atoms with van der Waals surface area (Å²) in [5.74, 6) is 0.936. The van der Waals surface area contributed by atoms with Crippen LogP contribution in [0.2, 0.25) is 0 Å². The minimum absolute atomic E-state index is 0.0136. The van der Waals surface area contributed by atoms with Gasteiger partial charge < -0.3 is 9.64 Å². The molecule has 1 unspecified atom stereocenters. The van der Waals surface area contributed by atoms with Crippen molar-refractivity contribution in [2.45, 2.75) is 29.8 Å². The SMILES string of the molecule is C=C1c2c(C)c(=O)ccn2N([C@H]2c3ccccc3CSc3ccccc32)C2COCCN12. The highest BCUT2D eigenvalue weighted by Gasteiger charge is 2.42. The highest BCUT2D eigenvalue weighted by molar-refractivity contribution is 7.98. The molecule has 4 heterocycles. The topological polar surface area (TPSA) is 37.7 Å². The summed E-state index contributed by atoms with van der Waals surface area (Å²) in [5, 5.41) is 2.40. The van der Waals surface area contributed by atoms with E-state index in [-0.39, 0.29) is 17.6 Å². The maximum atomic E-state index is 12.6. The van der Waals surface area contributed by atoms with Gasteiger partial charge in [0.25, 0.3) is 0 Å². The molecule has 0 radical (unpaired) electrons. The number of hydrogen-bond acceptors (Lipinski definition) is 5. The molecule has 1 fully saturated rings. The molecule has 162 valence electrons. The quantitative estimate of drug-likeness (QED) is 0.565. The van der Waals surface area contributed by atoms with Crippen LogP contribution in [0.25, 0.3) is 5.70 Å². The monoisotopic (exact) mass is 443 g/mol. The molecule has 0 N–H and O–H groups in total. The summed E-state index contributed by atoms with van der Waals surface area (Å²) < 4.78 is 8.14. The van der Waals surface area contributed by atoms with Crippen LogP contribution < -0.4 is 10.4 Å². The summed E-state index contributed by atoms with van der Waals surface area (Å²) in [5.41, 5.74) is 6.48. The van der Waals surface area contributed by atoms with Crippen molar-refractivity contribution in [2.24, 2.45) is 0 Å². The Balaban J connectivity index is 1.66. The number of aromatic nitrogens is 1. The van der Waals surface area contributed by atoms with E-state index in [9.17, 15) is 4.79 Å². The van der Waals surface area contributed by atoms with E-state index in [2.05, 4.69) is 69.7 Å². The van der Waals surface area contributed by atoms with Gasteiger partial charge >= 0.3 is 0 Å². The molecule has 0 spiro atoms. The molecule has 0 aliphatic carbocycles. The highest BCUT2D eigenvalue weighted by Crippen LogP contribution is 2.44. The van der Waals surface area contributed by atoms with Gasteiger partial charge in [0.2, 0.25) is 0 Å². The van der Waals surface area contributed by atoms with Gasteiger partial charge in [0.1, 0.15) is 6.17 Å². The van der Waals surface area contributed by atoms with Gasteiger partial charge in [-0.05, 0) is 29.7 Å². The van der Waals surface area contributed by atoms with Crippen molar-refractivity contribution in [3.05, 3.63) is 106 Å². The highest BCUT2D eigenvalue weighted by atomic mass is 32.2. The van der Waals surface area contributed by atoms with Crippen LogP contribution in [0.5, 0.6) is 0 Å². The predicted molar refractivity (Wildman–Crippen MR) is 128 cm³/mol. The van der Waals surface area contributed by atoms with Crippen LogP contribution in [0.15, 0.2) is 77.1 Å². The first-order valence-corrected chi connectivity index (χ1v) is 12.0. The van der Waals surface area contributed by atoms with Crippen LogP contribution in [-0.4, -0.2) is 35.5 Å². The van der Waals surface area contributed by atoms with Gasteiger partial charge in [-0.2, -0.15) is 0 Å². The third-order valence-corrected chi connectivity index (χ3v) is 7.95. The van der Waals surface area contributed by atoms with Crippen molar-refractivity contribution in [3.8, 4) is 0 Å². The third kappa shape index (κ3) is 2.86. The maximum absolute atomic E-state index is 12.6. The molecule has 3 aromatic rings. The molecule has 6 rings (SSSR count). The van der Waals surface area contributed by atoms with Gasteiger partial charge in [-0.25, -0.2) is 0 Å². The maximum Gasteiger partial charge on any atom is 0.185 e. The summed E-state index contributed by atoms with van der Waals surface area (Å²) in [4.78, 5) is 16.2. The molecule has 0 bridgehead atoms. The van der Waals surface area contributed by atoms with Crippen molar-refractivity contribution in [2.75, 3.05) is 24.8 Å². The largest absolute Gasteiger partial charge is 0.375 e. The first-order chi connectivity index (χ1) is 15.6. The zero-order valence-electron chi connectivity index (χ0n) is 18.0. The van der Waals surface area contributed by atoms with Gasteiger partial charge in [0.15, 0.2) is 5.43 Å². The summed E-state index contributed by atoms with van der Waals surface area (Å²) in [6, 6.07) is 19.1. The fourth-order valence-electron chi connectivity index (χ4n) is 5.25. The average Bonchev–Trinajstić information content (AvgIpc) is 2.99. The minimum atomic E-state index is -0.0140. The molecule has 1 saturated heterocycles. The Bertz CT molecular complexity index is 1240. The molecule has 0 saturated carbocycles. The van der Waals surface area contributed by atoms with E-state index >= 15 is 0 Å². The Kier molecular flexibility index (Phi) is 4.66. The zero-order valence-corrected chi connectivity index (χ0v) is 18.8. The van der Waals surface area contributed by atoms with Crippen molar-refractivity contribution in [1.82, 2.24) is 9.58 Å². The lowest BCUT2D eigenvalue weighted by Crippen LogP contribution is -2.63.